The first kappa shape index (κ1) is 21.8. The van der Waals surface area contributed by atoms with E-state index in [2.05, 4.69) is 65.6 Å². The number of carbonyl (C=O) groups is 2. The molecule has 3 aromatic carbocycles. The predicted octanol–water partition coefficient (Wildman–Crippen LogP) is 5.75. The number of amides is 2. The minimum absolute atomic E-state index is 0.157. The van der Waals surface area contributed by atoms with Gasteiger partial charge in [-0.3, -0.25) is 14.5 Å². The summed E-state index contributed by atoms with van der Waals surface area (Å²) < 4.78 is 0. The maximum absolute atomic E-state index is 12.6. The Morgan fingerprint density at radius 2 is 1.09 bits per heavy atom. The molecule has 0 saturated carbocycles. The molecule has 0 bridgehead atoms. The molecule has 0 atom stereocenters. The van der Waals surface area contributed by atoms with E-state index in [1.807, 2.05) is 12.1 Å². The molecule has 2 heterocycles. The molecule has 2 aliphatic heterocycles. The lowest BCUT2D eigenvalue weighted by Gasteiger charge is -2.31. The first-order valence-corrected chi connectivity index (χ1v) is 12.5. The monoisotopic (exact) mass is 460 g/mol. The summed E-state index contributed by atoms with van der Waals surface area (Å²) in [6, 6.07) is 24.5. The highest BCUT2D eigenvalue weighted by Crippen LogP contribution is 2.38. The molecule has 0 spiro atoms. The Labute approximate surface area is 206 Å². The third-order valence-corrected chi connectivity index (χ3v) is 7.45. The highest BCUT2D eigenvalue weighted by Gasteiger charge is 2.34. The van der Waals surface area contributed by atoms with Crippen molar-refractivity contribution in [2.45, 2.75) is 19.3 Å². The van der Waals surface area contributed by atoms with E-state index >= 15 is 0 Å². The lowest BCUT2D eigenvalue weighted by atomic mass is 9.86. The van der Waals surface area contributed by atoms with E-state index in [-0.39, 0.29) is 11.8 Å². The molecule has 6 rings (SSSR count). The van der Waals surface area contributed by atoms with Crippen molar-refractivity contribution < 1.29 is 9.59 Å². The van der Waals surface area contributed by atoms with Crippen LogP contribution in [0.3, 0.4) is 0 Å². The second-order valence-electron chi connectivity index (χ2n) is 9.49. The Balaban J connectivity index is 1.14. The van der Waals surface area contributed by atoms with E-state index in [4.69, 9.17) is 0 Å². The Morgan fingerprint density at radius 1 is 0.600 bits per heavy atom. The van der Waals surface area contributed by atoms with Gasteiger partial charge in [-0.15, -0.1) is 0 Å². The molecule has 1 aliphatic carbocycles. The zero-order valence-corrected chi connectivity index (χ0v) is 19.7. The summed E-state index contributed by atoms with van der Waals surface area (Å²) in [5.74, 6) is -0.314. The van der Waals surface area contributed by atoms with Crippen molar-refractivity contribution in [1.29, 1.82) is 0 Å². The molecule has 0 aromatic heterocycles. The van der Waals surface area contributed by atoms with Gasteiger partial charge in [0.25, 0.3) is 11.8 Å². The van der Waals surface area contributed by atoms with E-state index in [1.165, 1.54) is 38.3 Å². The Hall–Kier alpha value is -3.76. The van der Waals surface area contributed by atoms with E-state index in [0.29, 0.717) is 17.7 Å². The fourth-order valence-corrected chi connectivity index (χ4v) is 5.64. The number of nitrogens with zero attached hydrogens (tertiary/aromatic N) is 2. The number of fused-ring (bicyclic) bond motifs is 3. The van der Waals surface area contributed by atoms with Gasteiger partial charge in [-0.2, -0.15) is 0 Å². The van der Waals surface area contributed by atoms with Gasteiger partial charge in [0, 0.05) is 19.6 Å². The van der Waals surface area contributed by atoms with Gasteiger partial charge in [0.2, 0.25) is 0 Å². The Morgan fingerprint density at radius 3 is 1.63 bits per heavy atom. The van der Waals surface area contributed by atoms with E-state index < -0.39 is 0 Å². The van der Waals surface area contributed by atoms with Crippen LogP contribution < -0.4 is 0 Å². The summed E-state index contributed by atoms with van der Waals surface area (Å²) in [4.78, 5) is 29.1. The highest BCUT2D eigenvalue weighted by atomic mass is 16.2. The largest absolute Gasteiger partial charge is 0.303 e. The van der Waals surface area contributed by atoms with Gasteiger partial charge in [-0.1, -0.05) is 78.4 Å². The number of hydrogen-bond donors (Lipinski definition) is 0. The van der Waals surface area contributed by atoms with Gasteiger partial charge >= 0.3 is 0 Å². The topological polar surface area (TPSA) is 40.6 Å². The van der Waals surface area contributed by atoms with Crippen LogP contribution in [-0.2, 0) is 0 Å². The summed E-state index contributed by atoms with van der Waals surface area (Å²) in [6.07, 6.45) is 7.33. The Kier molecular flexibility index (Phi) is 5.67. The molecule has 0 radical (unpaired) electrons. The number of likely N-dealkylation sites (tertiary alicyclic amines) is 1. The number of piperidine rings is 1. The zero-order chi connectivity index (χ0) is 23.8. The molecule has 174 valence electrons. The number of hydrogen-bond acceptors (Lipinski definition) is 3. The Bertz CT molecular complexity index is 1290. The van der Waals surface area contributed by atoms with Crippen molar-refractivity contribution in [2.24, 2.45) is 0 Å². The number of rotatable bonds is 4. The van der Waals surface area contributed by atoms with Crippen LogP contribution in [0.25, 0.3) is 17.7 Å². The summed E-state index contributed by atoms with van der Waals surface area (Å²) in [7, 11) is 0. The van der Waals surface area contributed by atoms with Crippen molar-refractivity contribution in [3.05, 3.63) is 112 Å². The minimum Gasteiger partial charge on any atom is -0.303 e. The molecular weight excluding hydrogens is 432 g/mol. The molecule has 1 fully saturated rings. The van der Waals surface area contributed by atoms with Crippen LogP contribution in [0.1, 0.15) is 62.2 Å². The average molecular weight is 461 g/mol. The molecule has 2 amide bonds. The van der Waals surface area contributed by atoms with Crippen LogP contribution in [0.15, 0.2) is 78.4 Å². The van der Waals surface area contributed by atoms with Crippen LogP contribution in [0.2, 0.25) is 0 Å². The van der Waals surface area contributed by atoms with Crippen molar-refractivity contribution in [2.75, 3.05) is 26.2 Å². The average Bonchev–Trinajstić information content (AvgIpc) is 3.04. The van der Waals surface area contributed by atoms with Crippen LogP contribution in [0.5, 0.6) is 0 Å². The molecule has 4 nitrogen and oxygen atoms in total. The second kappa shape index (κ2) is 9.12. The predicted molar refractivity (Wildman–Crippen MR) is 140 cm³/mol. The summed E-state index contributed by atoms with van der Waals surface area (Å²) in [6.45, 7) is 3.37. The van der Waals surface area contributed by atoms with Crippen molar-refractivity contribution in [1.82, 2.24) is 9.80 Å². The molecule has 0 unspecified atom stereocenters. The van der Waals surface area contributed by atoms with Crippen molar-refractivity contribution in [3.63, 3.8) is 0 Å². The third kappa shape index (κ3) is 3.94. The molecule has 35 heavy (non-hydrogen) atoms. The van der Waals surface area contributed by atoms with Crippen molar-refractivity contribution >= 4 is 29.5 Å². The second-order valence-corrected chi connectivity index (χ2v) is 9.49. The highest BCUT2D eigenvalue weighted by molar-refractivity contribution is 6.21. The third-order valence-electron chi connectivity index (χ3n) is 7.45. The van der Waals surface area contributed by atoms with Crippen molar-refractivity contribution in [3.8, 4) is 0 Å². The number of imide groups is 1. The van der Waals surface area contributed by atoms with E-state index in [1.54, 1.807) is 12.1 Å². The summed E-state index contributed by atoms with van der Waals surface area (Å²) in [5.41, 5.74) is 9.17. The normalized spacial score (nSPS) is 17.3. The van der Waals surface area contributed by atoms with Gasteiger partial charge in [0.15, 0.2) is 0 Å². The van der Waals surface area contributed by atoms with Crippen LogP contribution in [0, 0.1) is 0 Å². The number of carbonyl (C=O) groups excluding carboxylic acids is 2. The fourth-order valence-electron chi connectivity index (χ4n) is 5.64. The summed E-state index contributed by atoms with van der Waals surface area (Å²) in [5, 5.41) is 0. The molecule has 0 N–H and O–H groups in total. The summed E-state index contributed by atoms with van der Waals surface area (Å²) >= 11 is 0. The van der Waals surface area contributed by atoms with Crippen LogP contribution in [-0.4, -0.2) is 47.8 Å². The lowest BCUT2D eigenvalue weighted by Crippen LogP contribution is -2.36. The van der Waals surface area contributed by atoms with E-state index in [0.717, 1.165) is 38.9 Å². The van der Waals surface area contributed by atoms with Gasteiger partial charge < -0.3 is 4.90 Å². The molecular formula is C31H28N2O2. The zero-order valence-electron chi connectivity index (χ0n) is 19.7. The molecule has 3 aromatic rings. The molecule has 3 aliphatic rings. The van der Waals surface area contributed by atoms with Gasteiger partial charge in [-0.25, -0.2) is 0 Å². The minimum atomic E-state index is -0.157. The van der Waals surface area contributed by atoms with E-state index in [9.17, 15) is 9.59 Å². The first-order valence-electron chi connectivity index (χ1n) is 12.5. The van der Waals surface area contributed by atoms with Crippen LogP contribution >= 0.6 is 0 Å². The fraction of sp³-hybridized carbons (Fsp3) is 0.226. The van der Waals surface area contributed by atoms with Gasteiger partial charge in [0.05, 0.1) is 11.1 Å². The van der Waals surface area contributed by atoms with Gasteiger partial charge in [0.1, 0.15) is 0 Å². The van der Waals surface area contributed by atoms with Crippen LogP contribution in [0.4, 0.5) is 0 Å². The lowest BCUT2D eigenvalue weighted by molar-refractivity contribution is 0.0647. The first-order chi connectivity index (χ1) is 17.2. The number of benzene rings is 3. The maximum Gasteiger partial charge on any atom is 0.261 e. The maximum atomic E-state index is 12.6. The molecule has 1 saturated heterocycles. The smallest absolute Gasteiger partial charge is 0.261 e. The van der Waals surface area contributed by atoms with Gasteiger partial charge in [-0.05, 0) is 65.8 Å². The quantitative estimate of drug-likeness (QED) is 0.364. The SMILES string of the molecule is O=C1c2ccccc2C(=O)N1CCCN1CCC(=C2c3ccccc3C=Cc3ccccc32)CC1. The standard InChI is InChI=1S/C31H28N2O2/c34-30-27-12-5-6-13-28(27)31(35)33(30)19-7-18-32-20-16-24(17-21-32)29-25-10-3-1-8-22(25)14-15-23-9-2-4-11-26(23)29/h1-6,8-15H,7,16-21H2. The molecule has 4 heteroatoms.